The lowest BCUT2D eigenvalue weighted by atomic mass is 10.4. The second kappa shape index (κ2) is 2.42. The van der Waals surface area contributed by atoms with Crippen molar-refractivity contribution in [3.05, 3.63) is 0 Å². The third-order valence-corrected chi connectivity index (χ3v) is 2.91. The lowest BCUT2D eigenvalue weighted by molar-refractivity contribution is 0.198. The predicted molar refractivity (Wildman–Crippen MR) is 28.7 cm³/mol. The van der Waals surface area contributed by atoms with Crippen LogP contribution in [-0.2, 0) is 22.3 Å². The number of hydrogen-bond donors (Lipinski definition) is 2. The van der Waals surface area contributed by atoms with Gasteiger partial charge in [0.2, 0.25) is 0 Å². The summed E-state index contributed by atoms with van der Waals surface area (Å²) < 4.78 is 31.9. The van der Waals surface area contributed by atoms with Crippen LogP contribution >= 0.6 is 15.6 Å². The molecule has 1 aliphatic rings. The number of rotatable bonds is 0. The van der Waals surface area contributed by atoms with E-state index in [1.807, 2.05) is 0 Å². The Morgan fingerprint density at radius 1 is 1.10 bits per heavy atom. The van der Waals surface area contributed by atoms with Gasteiger partial charge in [0.25, 0.3) is 0 Å². The van der Waals surface area contributed by atoms with Crippen LogP contribution in [0, 0.1) is 0 Å². The van der Waals surface area contributed by atoms with Gasteiger partial charge in [-0.2, -0.15) is 4.31 Å². The maximum absolute atomic E-state index is 10.3. The highest BCUT2D eigenvalue weighted by Crippen LogP contribution is 2.63. The molecule has 0 saturated carbocycles. The van der Waals surface area contributed by atoms with Crippen molar-refractivity contribution in [3.63, 3.8) is 0 Å². The zero-order valence-corrected chi connectivity index (χ0v) is 6.20. The molecule has 2 unspecified atom stereocenters. The van der Waals surface area contributed by atoms with E-state index in [-0.39, 0.29) is 0 Å². The van der Waals surface area contributed by atoms with Gasteiger partial charge in [-0.05, 0) is 0 Å². The van der Waals surface area contributed by atoms with Gasteiger partial charge in [0.1, 0.15) is 0 Å². The molecule has 57 valence electrons. The third kappa shape index (κ3) is 2.18. The van der Waals surface area contributed by atoms with Crippen LogP contribution in [0.3, 0.4) is 0 Å². The fourth-order valence-corrected chi connectivity index (χ4v) is 2.02. The maximum atomic E-state index is 10.3. The molecule has 10 heteroatoms. The van der Waals surface area contributed by atoms with E-state index in [0.717, 1.165) is 0 Å². The molecule has 2 atom stereocenters. The molecule has 1 fully saturated rings. The van der Waals surface area contributed by atoms with Crippen LogP contribution in [0.25, 0.3) is 0 Å². The first-order valence-electron chi connectivity index (χ1n) is 1.97. The quantitative estimate of drug-likeness (QED) is 0.399. The summed E-state index contributed by atoms with van der Waals surface area (Å²) in [7, 11) is -8.51. The van der Waals surface area contributed by atoms with E-state index in [2.05, 4.69) is 13.2 Å². The zero-order chi connectivity index (χ0) is 7.83. The summed E-state index contributed by atoms with van der Waals surface area (Å²) in [6, 6.07) is 0. The van der Waals surface area contributed by atoms with Gasteiger partial charge >= 0.3 is 23.3 Å². The molecule has 1 rings (SSSR count). The largest absolute Gasteiger partial charge is 0.505 e. The summed E-state index contributed by atoms with van der Waals surface area (Å²) in [5, 5.41) is 0. The minimum atomic E-state index is -4.40. The van der Waals surface area contributed by atoms with E-state index in [4.69, 9.17) is 9.79 Å². The predicted octanol–water partition coefficient (Wildman–Crippen LogP) is -0.215. The van der Waals surface area contributed by atoms with E-state index >= 15 is 0 Å². The highest BCUT2D eigenvalue weighted by Gasteiger charge is 2.41. The summed E-state index contributed by atoms with van der Waals surface area (Å²) in [5.74, 6) is 0. The van der Waals surface area contributed by atoms with Crippen LogP contribution in [0.1, 0.15) is 0 Å². The second-order valence-corrected chi connectivity index (χ2v) is 4.27. The first-order chi connectivity index (χ1) is 4.41. The molecular formula is H2BO7P2. The fraction of sp³-hybridized carbons (Fsp3) is 0. The van der Waals surface area contributed by atoms with Crippen molar-refractivity contribution in [2.45, 2.75) is 0 Å². The summed E-state index contributed by atoms with van der Waals surface area (Å²) in [4.78, 5) is 16.8. The third-order valence-electron chi connectivity index (χ3n) is 0.559. The van der Waals surface area contributed by atoms with Crippen LogP contribution in [0.15, 0.2) is 0 Å². The van der Waals surface area contributed by atoms with Gasteiger partial charge in [0, 0.05) is 0 Å². The molecule has 1 radical (unpaired) electrons. The summed E-state index contributed by atoms with van der Waals surface area (Å²) >= 11 is 0. The lowest BCUT2D eigenvalue weighted by Gasteiger charge is -2.19. The van der Waals surface area contributed by atoms with Crippen LogP contribution in [0.2, 0.25) is 0 Å². The summed E-state index contributed by atoms with van der Waals surface area (Å²) in [6.07, 6.45) is 0. The Kier molecular flexibility index (Phi) is 2.04. The van der Waals surface area contributed by atoms with Crippen molar-refractivity contribution < 1.29 is 32.1 Å². The van der Waals surface area contributed by atoms with Crippen molar-refractivity contribution in [1.29, 1.82) is 0 Å². The monoisotopic (exact) mass is 187 g/mol. The van der Waals surface area contributed by atoms with Crippen molar-refractivity contribution in [1.82, 2.24) is 0 Å². The Morgan fingerprint density at radius 2 is 1.50 bits per heavy atom. The molecule has 1 heterocycles. The van der Waals surface area contributed by atoms with Crippen molar-refractivity contribution >= 4 is 23.3 Å². The van der Waals surface area contributed by atoms with Crippen LogP contribution in [0.5, 0.6) is 0 Å². The molecule has 0 aliphatic carbocycles. The molecule has 0 bridgehead atoms. The normalized spacial score (nSPS) is 48.2. The van der Waals surface area contributed by atoms with Crippen LogP contribution < -0.4 is 0 Å². The molecule has 7 nitrogen and oxygen atoms in total. The van der Waals surface area contributed by atoms with Gasteiger partial charge in [0.05, 0.1) is 0 Å². The Bertz CT molecular complexity index is 198. The van der Waals surface area contributed by atoms with E-state index in [9.17, 15) is 9.13 Å². The number of phosphoric acid groups is 2. The molecule has 10 heavy (non-hydrogen) atoms. The fourth-order valence-electron chi connectivity index (χ4n) is 0.297. The van der Waals surface area contributed by atoms with Crippen LogP contribution in [0.4, 0.5) is 0 Å². The minimum absolute atomic E-state index is 0.297. The minimum Gasteiger partial charge on any atom is -0.319 e. The summed E-state index contributed by atoms with van der Waals surface area (Å²) in [6.45, 7) is 0. The molecule has 2 N–H and O–H groups in total. The zero-order valence-electron chi connectivity index (χ0n) is 4.41. The molecule has 0 aromatic carbocycles. The maximum Gasteiger partial charge on any atom is 0.505 e. The van der Waals surface area contributed by atoms with Crippen molar-refractivity contribution in [2.75, 3.05) is 0 Å². The molecule has 0 spiro atoms. The molecule has 0 aromatic heterocycles. The summed E-state index contributed by atoms with van der Waals surface area (Å²) in [5.41, 5.74) is 0. The Labute approximate surface area is 56.5 Å². The van der Waals surface area contributed by atoms with Gasteiger partial charge < -0.3 is 18.7 Å². The average Bonchev–Trinajstić information content (AvgIpc) is 1.56. The van der Waals surface area contributed by atoms with Crippen molar-refractivity contribution in [2.24, 2.45) is 0 Å². The Hall–Kier alpha value is 0.325. The molecular weight excluding hydrogens is 185 g/mol. The second-order valence-electron chi connectivity index (χ2n) is 1.33. The molecule has 1 saturated heterocycles. The van der Waals surface area contributed by atoms with Gasteiger partial charge in [-0.25, -0.2) is 9.13 Å². The lowest BCUT2D eigenvalue weighted by Crippen LogP contribution is -2.09. The first kappa shape index (κ1) is 8.42. The SMILES string of the molecule is O=P1(O)O[B]OP(=O)(O)O1. The highest BCUT2D eigenvalue weighted by atomic mass is 31.3. The molecule has 0 amide bonds. The Morgan fingerprint density at radius 3 is 1.70 bits per heavy atom. The highest BCUT2D eigenvalue weighted by molar-refractivity contribution is 7.63. The van der Waals surface area contributed by atoms with Gasteiger partial charge in [0.15, 0.2) is 0 Å². The topological polar surface area (TPSA) is 102 Å². The van der Waals surface area contributed by atoms with E-state index in [1.165, 1.54) is 0 Å². The smallest absolute Gasteiger partial charge is 0.319 e. The Balaban J connectivity index is 2.75. The standard InChI is InChI=1S/BH2O7P2/c2-9(3)6-1-7-10(4,5)8-9/h(H,2,3)(H,4,5). The molecule has 1 aliphatic heterocycles. The van der Waals surface area contributed by atoms with Gasteiger partial charge in [-0.3, -0.25) is 0 Å². The van der Waals surface area contributed by atoms with Crippen molar-refractivity contribution in [3.8, 4) is 0 Å². The average molecular weight is 187 g/mol. The van der Waals surface area contributed by atoms with Gasteiger partial charge in [-0.15, -0.1) is 0 Å². The first-order valence-corrected chi connectivity index (χ1v) is 4.96. The van der Waals surface area contributed by atoms with E-state index in [1.54, 1.807) is 0 Å². The van der Waals surface area contributed by atoms with E-state index in [0.29, 0.717) is 7.69 Å². The van der Waals surface area contributed by atoms with Crippen LogP contribution in [-0.4, -0.2) is 17.5 Å². The van der Waals surface area contributed by atoms with E-state index < -0.39 is 15.6 Å². The van der Waals surface area contributed by atoms with Gasteiger partial charge in [-0.1, -0.05) is 0 Å². The number of hydrogen-bond acceptors (Lipinski definition) is 5. The molecule has 0 aromatic rings.